The molecule has 1 rings (SSSR count). The van der Waals surface area contributed by atoms with Gasteiger partial charge in [-0.05, 0) is 30.7 Å². The third-order valence-corrected chi connectivity index (χ3v) is 2.06. The first-order valence-electron chi connectivity index (χ1n) is 5.59. The molecule has 0 heterocycles. The summed E-state index contributed by atoms with van der Waals surface area (Å²) in [6.45, 7) is 2.37. The number of hydrogen-bond donors (Lipinski definition) is 2. The normalized spacial score (nSPS) is 10.3. The second-order valence-electron chi connectivity index (χ2n) is 3.52. The van der Waals surface area contributed by atoms with Crippen LogP contribution in [-0.4, -0.2) is 25.0 Å². The van der Waals surface area contributed by atoms with Crippen LogP contribution in [0.2, 0.25) is 0 Å². The Morgan fingerprint density at radius 1 is 1.33 bits per heavy atom. The number of primary amides is 1. The van der Waals surface area contributed by atoms with Crippen molar-refractivity contribution in [2.75, 3.05) is 13.2 Å². The van der Waals surface area contributed by atoms with E-state index in [1.807, 2.05) is 31.2 Å². The van der Waals surface area contributed by atoms with Gasteiger partial charge in [-0.3, -0.25) is 9.59 Å². The molecule has 0 saturated carbocycles. The van der Waals surface area contributed by atoms with Crippen LogP contribution in [0.5, 0.6) is 5.75 Å². The number of nitrogens with one attached hydrogen (secondary N) is 1. The first kappa shape index (κ1) is 13.8. The van der Waals surface area contributed by atoms with Crippen molar-refractivity contribution < 1.29 is 14.3 Å². The van der Waals surface area contributed by atoms with Crippen molar-refractivity contribution in [3.05, 3.63) is 35.9 Å². The molecule has 5 heteroatoms. The minimum Gasteiger partial charge on any atom is -0.494 e. The van der Waals surface area contributed by atoms with E-state index in [1.165, 1.54) is 6.08 Å². The molecular formula is C13H16N2O3. The van der Waals surface area contributed by atoms with Gasteiger partial charge in [0.2, 0.25) is 11.8 Å². The Labute approximate surface area is 106 Å². The lowest BCUT2D eigenvalue weighted by molar-refractivity contribution is -0.122. The van der Waals surface area contributed by atoms with Gasteiger partial charge < -0.3 is 15.8 Å². The minimum atomic E-state index is -0.571. The molecule has 96 valence electrons. The average Bonchev–Trinajstić information content (AvgIpc) is 2.36. The number of benzene rings is 1. The van der Waals surface area contributed by atoms with Crippen molar-refractivity contribution in [2.24, 2.45) is 5.73 Å². The predicted molar refractivity (Wildman–Crippen MR) is 68.8 cm³/mol. The molecule has 5 nitrogen and oxygen atoms in total. The highest BCUT2D eigenvalue weighted by Crippen LogP contribution is 2.12. The van der Waals surface area contributed by atoms with Gasteiger partial charge in [-0.2, -0.15) is 0 Å². The SMILES string of the molecule is CCOc1ccc(/C=C/C(=O)NCC(N)=O)cc1. The molecular weight excluding hydrogens is 232 g/mol. The van der Waals surface area contributed by atoms with Crippen molar-refractivity contribution >= 4 is 17.9 Å². The molecule has 0 saturated heterocycles. The van der Waals surface area contributed by atoms with E-state index in [-0.39, 0.29) is 12.5 Å². The number of amides is 2. The van der Waals surface area contributed by atoms with E-state index < -0.39 is 5.91 Å². The van der Waals surface area contributed by atoms with Crippen molar-refractivity contribution in [1.82, 2.24) is 5.32 Å². The molecule has 0 bridgehead atoms. The van der Waals surface area contributed by atoms with Crippen LogP contribution in [0, 0.1) is 0 Å². The zero-order valence-corrected chi connectivity index (χ0v) is 10.2. The van der Waals surface area contributed by atoms with Gasteiger partial charge in [0.05, 0.1) is 13.2 Å². The van der Waals surface area contributed by atoms with Gasteiger partial charge in [0.25, 0.3) is 0 Å². The highest BCUT2D eigenvalue weighted by molar-refractivity contribution is 5.94. The monoisotopic (exact) mass is 248 g/mol. The first-order valence-corrected chi connectivity index (χ1v) is 5.59. The second-order valence-corrected chi connectivity index (χ2v) is 3.52. The van der Waals surface area contributed by atoms with Crippen LogP contribution in [0.4, 0.5) is 0 Å². The third-order valence-electron chi connectivity index (χ3n) is 2.06. The summed E-state index contributed by atoms with van der Waals surface area (Å²) in [6, 6.07) is 7.32. The predicted octanol–water partition coefficient (Wildman–Crippen LogP) is 0.700. The van der Waals surface area contributed by atoms with Crippen molar-refractivity contribution in [3.8, 4) is 5.75 Å². The molecule has 2 amide bonds. The molecule has 0 atom stereocenters. The van der Waals surface area contributed by atoms with Crippen molar-refractivity contribution in [3.63, 3.8) is 0 Å². The minimum absolute atomic E-state index is 0.160. The maximum Gasteiger partial charge on any atom is 0.244 e. The van der Waals surface area contributed by atoms with Gasteiger partial charge in [0, 0.05) is 6.08 Å². The van der Waals surface area contributed by atoms with Crippen molar-refractivity contribution in [2.45, 2.75) is 6.92 Å². The van der Waals surface area contributed by atoms with Crippen LogP contribution in [0.3, 0.4) is 0 Å². The summed E-state index contributed by atoms with van der Waals surface area (Å²) in [5.74, 6) is -0.145. The molecule has 18 heavy (non-hydrogen) atoms. The summed E-state index contributed by atoms with van der Waals surface area (Å²) in [7, 11) is 0. The molecule has 0 radical (unpaired) electrons. The van der Waals surface area contributed by atoms with Crippen LogP contribution in [0.25, 0.3) is 6.08 Å². The Morgan fingerprint density at radius 2 is 2.00 bits per heavy atom. The largest absolute Gasteiger partial charge is 0.494 e. The highest BCUT2D eigenvalue weighted by atomic mass is 16.5. The standard InChI is InChI=1S/C13H16N2O3/c1-2-18-11-6-3-10(4-7-11)5-8-13(17)15-9-12(14)16/h3-8H,2,9H2,1H3,(H2,14,16)(H,15,17)/b8-5+. The number of rotatable bonds is 6. The van der Waals surface area contributed by atoms with E-state index in [0.29, 0.717) is 6.61 Å². The summed E-state index contributed by atoms with van der Waals surface area (Å²) >= 11 is 0. The zero-order chi connectivity index (χ0) is 13.4. The Kier molecular flexibility index (Phi) is 5.44. The van der Waals surface area contributed by atoms with E-state index in [4.69, 9.17) is 10.5 Å². The molecule has 3 N–H and O–H groups in total. The fourth-order valence-electron chi connectivity index (χ4n) is 1.25. The molecule has 1 aromatic rings. The number of hydrogen-bond acceptors (Lipinski definition) is 3. The molecule has 0 fully saturated rings. The maximum atomic E-state index is 11.3. The molecule has 0 spiro atoms. The lowest BCUT2D eigenvalue weighted by atomic mass is 10.2. The van der Waals surface area contributed by atoms with Crippen molar-refractivity contribution in [1.29, 1.82) is 0 Å². The maximum absolute atomic E-state index is 11.3. The van der Waals surface area contributed by atoms with Gasteiger partial charge in [-0.25, -0.2) is 0 Å². The molecule has 0 aromatic heterocycles. The number of carbonyl (C=O) groups is 2. The van der Waals surface area contributed by atoms with Gasteiger partial charge in [0.15, 0.2) is 0 Å². The number of ether oxygens (including phenoxy) is 1. The first-order chi connectivity index (χ1) is 8.61. The van der Waals surface area contributed by atoms with Gasteiger partial charge in [0.1, 0.15) is 5.75 Å². The Bertz CT molecular complexity index is 438. The summed E-state index contributed by atoms with van der Waals surface area (Å²) < 4.78 is 5.30. The van der Waals surface area contributed by atoms with Crippen LogP contribution in [-0.2, 0) is 9.59 Å². The smallest absolute Gasteiger partial charge is 0.244 e. The van der Waals surface area contributed by atoms with E-state index in [9.17, 15) is 9.59 Å². The summed E-state index contributed by atoms with van der Waals surface area (Å²) in [6.07, 6.45) is 2.99. The highest BCUT2D eigenvalue weighted by Gasteiger charge is 1.97. The van der Waals surface area contributed by atoms with Gasteiger partial charge >= 0.3 is 0 Å². The summed E-state index contributed by atoms with van der Waals surface area (Å²) in [5.41, 5.74) is 5.77. The third kappa shape index (κ3) is 5.16. The molecule has 0 unspecified atom stereocenters. The van der Waals surface area contributed by atoms with Gasteiger partial charge in [-0.15, -0.1) is 0 Å². The molecule has 0 aliphatic carbocycles. The molecule has 0 aliphatic heterocycles. The van der Waals surface area contributed by atoms with Gasteiger partial charge in [-0.1, -0.05) is 12.1 Å². The van der Waals surface area contributed by atoms with E-state index in [0.717, 1.165) is 11.3 Å². The molecule has 0 aliphatic rings. The second kappa shape index (κ2) is 7.11. The Morgan fingerprint density at radius 3 is 2.56 bits per heavy atom. The lowest BCUT2D eigenvalue weighted by Crippen LogP contribution is -2.32. The average molecular weight is 248 g/mol. The lowest BCUT2D eigenvalue weighted by Gasteiger charge is -2.02. The van der Waals surface area contributed by atoms with Crippen LogP contribution < -0.4 is 15.8 Å². The topological polar surface area (TPSA) is 81.4 Å². The van der Waals surface area contributed by atoms with Crippen LogP contribution in [0.15, 0.2) is 30.3 Å². The Hall–Kier alpha value is -2.30. The van der Waals surface area contributed by atoms with Crippen LogP contribution in [0.1, 0.15) is 12.5 Å². The fourth-order valence-corrected chi connectivity index (χ4v) is 1.25. The number of nitrogens with two attached hydrogens (primary N) is 1. The molecule has 1 aromatic carbocycles. The quantitative estimate of drug-likeness (QED) is 0.727. The number of carbonyl (C=O) groups excluding carboxylic acids is 2. The fraction of sp³-hybridized carbons (Fsp3) is 0.231. The summed E-state index contributed by atoms with van der Waals surface area (Å²) in [4.78, 5) is 21.7. The Balaban J connectivity index is 2.50. The van der Waals surface area contributed by atoms with E-state index in [1.54, 1.807) is 6.08 Å². The zero-order valence-electron chi connectivity index (χ0n) is 10.2. The van der Waals surface area contributed by atoms with E-state index >= 15 is 0 Å². The van der Waals surface area contributed by atoms with Crippen LogP contribution >= 0.6 is 0 Å². The van der Waals surface area contributed by atoms with E-state index in [2.05, 4.69) is 5.32 Å². The summed E-state index contributed by atoms with van der Waals surface area (Å²) in [5, 5.41) is 2.36.